The van der Waals surface area contributed by atoms with Crippen LogP contribution in [0.15, 0.2) is 30.3 Å². The zero-order chi connectivity index (χ0) is 19.3. The lowest BCUT2D eigenvalue weighted by Gasteiger charge is -2.32. The van der Waals surface area contributed by atoms with E-state index in [4.69, 9.17) is 19.4 Å². The molecule has 2 aromatic rings. The second-order valence-corrected chi connectivity index (χ2v) is 7.44. The summed E-state index contributed by atoms with van der Waals surface area (Å²) in [5.74, 6) is 0.823. The smallest absolute Gasteiger partial charge is 0.226 e. The number of anilines is 1. The largest absolute Gasteiger partial charge is 0.379 e. The van der Waals surface area contributed by atoms with E-state index in [1.807, 2.05) is 0 Å². The predicted octanol–water partition coefficient (Wildman–Crippen LogP) is 2.94. The summed E-state index contributed by atoms with van der Waals surface area (Å²) in [6.07, 6.45) is 0.902. The number of aromatic nitrogens is 2. The van der Waals surface area contributed by atoms with Crippen molar-refractivity contribution in [2.75, 3.05) is 57.5 Å². The maximum atomic E-state index is 5.48. The molecule has 0 bridgehead atoms. The fraction of sp³-hybridized carbons (Fsp3) is 0.545. The lowest BCUT2D eigenvalue weighted by atomic mass is 10.0. The van der Waals surface area contributed by atoms with Gasteiger partial charge in [0.1, 0.15) is 0 Å². The van der Waals surface area contributed by atoms with Gasteiger partial charge in [-0.1, -0.05) is 31.2 Å². The van der Waals surface area contributed by atoms with Crippen LogP contribution < -0.4 is 4.90 Å². The molecule has 0 saturated carbocycles. The van der Waals surface area contributed by atoms with Crippen molar-refractivity contribution in [3.05, 3.63) is 41.6 Å². The van der Waals surface area contributed by atoms with Crippen LogP contribution in [-0.2, 0) is 15.9 Å². The minimum absolute atomic E-state index is 0.401. The third-order valence-corrected chi connectivity index (χ3v) is 5.71. The number of ether oxygens (including phenoxy) is 2. The Bertz CT molecular complexity index is 769. The molecule has 0 spiro atoms. The van der Waals surface area contributed by atoms with Gasteiger partial charge in [0.05, 0.1) is 32.1 Å². The highest BCUT2D eigenvalue weighted by atomic mass is 16.5. The second kappa shape index (κ2) is 8.99. The Morgan fingerprint density at radius 2 is 1.57 bits per heavy atom. The van der Waals surface area contributed by atoms with Crippen molar-refractivity contribution >= 4 is 5.95 Å². The van der Waals surface area contributed by atoms with Gasteiger partial charge >= 0.3 is 0 Å². The highest BCUT2D eigenvalue weighted by Crippen LogP contribution is 2.26. The van der Waals surface area contributed by atoms with Crippen LogP contribution in [0.1, 0.15) is 31.1 Å². The molecule has 0 N–H and O–H groups in total. The summed E-state index contributed by atoms with van der Waals surface area (Å²) in [6, 6.07) is 11.4. The van der Waals surface area contributed by atoms with E-state index in [1.54, 1.807) is 0 Å². The molecule has 6 heteroatoms. The number of aryl methyl sites for hydroxylation is 1. The number of rotatable bonds is 5. The van der Waals surface area contributed by atoms with E-state index in [2.05, 4.69) is 54.0 Å². The van der Waals surface area contributed by atoms with Gasteiger partial charge in [-0.3, -0.25) is 4.90 Å². The van der Waals surface area contributed by atoms with Gasteiger partial charge in [-0.2, -0.15) is 0 Å². The first-order valence-electron chi connectivity index (χ1n) is 10.4. The lowest BCUT2D eigenvalue weighted by Crippen LogP contribution is -2.38. The fourth-order valence-corrected chi connectivity index (χ4v) is 3.83. The highest BCUT2D eigenvalue weighted by molar-refractivity contribution is 5.61. The number of benzene rings is 1. The number of morpholine rings is 2. The average molecular weight is 383 g/mol. The van der Waals surface area contributed by atoms with Crippen LogP contribution in [0.4, 0.5) is 5.95 Å². The molecule has 6 nitrogen and oxygen atoms in total. The van der Waals surface area contributed by atoms with E-state index in [-0.39, 0.29) is 0 Å². The van der Waals surface area contributed by atoms with Crippen molar-refractivity contribution in [3.8, 4) is 11.3 Å². The Morgan fingerprint density at radius 1 is 0.929 bits per heavy atom. The Hall–Kier alpha value is -2.02. The molecule has 2 saturated heterocycles. The van der Waals surface area contributed by atoms with Gasteiger partial charge < -0.3 is 14.4 Å². The minimum atomic E-state index is 0.401. The molecule has 0 aliphatic carbocycles. The number of nitrogens with zero attached hydrogens (tertiary/aromatic N) is 4. The van der Waals surface area contributed by atoms with Crippen LogP contribution in [0.25, 0.3) is 11.3 Å². The summed E-state index contributed by atoms with van der Waals surface area (Å²) in [7, 11) is 0. The van der Waals surface area contributed by atoms with Crippen molar-refractivity contribution in [2.24, 2.45) is 0 Å². The van der Waals surface area contributed by atoms with Crippen LogP contribution in [0.3, 0.4) is 0 Å². The fourth-order valence-electron chi connectivity index (χ4n) is 3.83. The van der Waals surface area contributed by atoms with Crippen LogP contribution in [0.2, 0.25) is 0 Å². The van der Waals surface area contributed by atoms with Crippen molar-refractivity contribution in [3.63, 3.8) is 0 Å². The Balaban J connectivity index is 1.56. The summed E-state index contributed by atoms with van der Waals surface area (Å²) in [5.41, 5.74) is 4.56. The summed E-state index contributed by atoms with van der Waals surface area (Å²) >= 11 is 0. The Kier molecular flexibility index (Phi) is 6.20. The van der Waals surface area contributed by atoms with Crippen molar-refractivity contribution in [1.29, 1.82) is 0 Å². The van der Waals surface area contributed by atoms with E-state index >= 15 is 0 Å². The van der Waals surface area contributed by atoms with E-state index in [1.165, 1.54) is 5.56 Å². The highest BCUT2D eigenvalue weighted by Gasteiger charge is 2.19. The van der Waals surface area contributed by atoms with E-state index in [0.717, 1.165) is 81.9 Å². The molecule has 150 valence electrons. The molecule has 2 fully saturated rings. The average Bonchev–Trinajstić information content (AvgIpc) is 2.79. The maximum absolute atomic E-state index is 5.48. The molecular formula is C22H30N4O2. The third kappa shape index (κ3) is 4.35. The maximum Gasteiger partial charge on any atom is 0.226 e. The first-order valence-corrected chi connectivity index (χ1v) is 10.4. The van der Waals surface area contributed by atoms with Crippen LogP contribution in [0, 0.1) is 0 Å². The monoisotopic (exact) mass is 382 g/mol. The predicted molar refractivity (Wildman–Crippen MR) is 111 cm³/mol. The van der Waals surface area contributed by atoms with Crippen molar-refractivity contribution in [2.45, 2.75) is 26.3 Å². The quantitative estimate of drug-likeness (QED) is 0.793. The molecular weight excluding hydrogens is 352 g/mol. The zero-order valence-corrected chi connectivity index (χ0v) is 16.9. The minimum Gasteiger partial charge on any atom is -0.379 e. The van der Waals surface area contributed by atoms with Crippen LogP contribution in [-0.4, -0.2) is 67.5 Å². The van der Waals surface area contributed by atoms with Gasteiger partial charge in [0, 0.05) is 43.5 Å². The first-order chi connectivity index (χ1) is 13.7. The third-order valence-electron chi connectivity index (χ3n) is 5.71. The normalized spacial score (nSPS) is 19.6. The lowest BCUT2D eigenvalue weighted by molar-refractivity contribution is 0.0198. The van der Waals surface area contributed by atoms with Crippen LogP contribution in [0.5, 0.6) is 0 Å². The van der Waals surface area contributed by atoms with Gasteiger partial charge in [0.25, 0.3) is 0 Å². The summed E-state index contributed by atoms with van der Waals surface area (Å²) in [4.78, 5) is 14.3. The molecule has 3 heterocycles. The molecule has 1 aromatic heterocycles. The molecule has 4 rings (SSSR count). The van der Waals surface area contributed by atoms with Gasteiger partial charge in [0.2, 0.25) is 5.95 Å². The standard InChI is InChI=1S/C22H30N4O2/c1-3-20-16-21(24-22(23-20)26-10-14-28-15-11-26)19-6-4-18(5-7-19)17(2)25-8-12-27-13-9-25/h4-7,16-17H,3,8-15H2,1-2H3. The Labute approximate surface area is 167 Å². The SMILES string of the molecule is CCc1cc(-c2ccc(C(C)N3CCOCC3)cc2)nc(N2CCOCC2)n1. The molecule has 1 unspecified atom stereocenters. The molecule has 0 amide bonds. The molecule has 1 aromatic carbocycles. The van der Waals surface area contributed by atoms with Gasteiger partial charge in [-0.25, -0.2) is 9.97 Å². The van der Waals surface area contributed by atoms with E-state index in [9.17, 15) is 0 Å². The number of hydrogen-bond acceptors (Lipinski definition) is 6. The van der Waals surface area contributed by atoms with Crippen molar-refractivity contribution in [1.82, 2.24) is 14.9 Å². The summed E-state index contributed by atoms with van der Waals surface area (Å²) in [6.45, 7) is 11.2. The number of hydrogen-bond donors (Lipinski definition) is 0. The summed E-state index contributed by atoms with van der Waals surface area (Å²) in [5, 5.41) is 0. The van der Waals surface area contributed by atoms with Crippen molar-refractivity contribution < 1.29 is 9.47 Å². The Morgan fingerprint density at radius 3 is 2.21 bits per heavy atom. The molecule has 1 atom stereocenters. The molecule has 2 aliphatic heterocycles. The van der Waals surface area contributed by atoms with Gasteiger partial charge in [-0.05, 0) is 25.0 Å². The van der Waals surface area contributed by atoms with E-state index in [0.29, 0.717) is 6.04 Å². The van der Waals surface area contributed by atoms with Gasteiger partial charge in [-0.15, -0.1) is 0 Å². The molecule has 2 aliphatic rings. The molecule has 0 radical (unpaired) electrons. The first kappa shape index (κ1) is 19.3. The van der Waals surface area contributed by atoms with Gasteiger partial charge in [0.15, 0.2) is 0 Å². The molecule has 28 heavy (non-hydrogen) atoms. The van der Waals surface area contributed by atoms with Crippen LogP contribution >= 0.6 is 0 Å². The zero-order valence-electron chi connectivity index (χ0n) is 16.9. The summed E-state index contributed by atoms with van der Waals surface area (Å²) < 4.78 is 10.9. The topological polar surface area (TPSA) is 50.7 Å². The second-order valence-electron chi connectivity index (χ2n) is 7.44. The van der Waals surface area contributed by atoms with E-state index < -0.39 is 0 Å².